The summed E-state index contributed by atoms with van der Waals surface area (Å²) in [7, 11) is -3.66. The first kappa shape index (κ1) is 20.8. The highest BCUT2D eigenvalue weighted by atomic mass is 79.9. The molecule has 0 bridgehead atoms. The maximum Gasteiger partial charge on any atom is 0.336 e. The SMILES string of the molecule is O=C(Nc1ccc2oc(=O)ccc2c1)C1CCCN(S(=O)(=O)c2ccc(Br)cc2)C1. The Morgan fingerprint density at radius 2 is 1.87 bits per heavy atom. The number of carbonyl (C=O) groups excluding carboxylic acids is 1. The van der Waals surface area contributed by atoms with Gasteiger partial charge in [-0.15, -0.1) is 0 Å². The van der Waals surface area contributed by atoms with Crippen LogP contribution in [0.1, 0.15) is 12.8 Å². The molecule has 2 aromatic carbocycles. The van der Waals surface area contributed by atoms with Gasteiger partial charge in [-0.3, -0.25) is 4.79 Å². The van der Waals surface area contributed by atoms with Gasteiger partial charge < -0.3 is 9.73 Å². The van der Waals surface area contributed by atoms with Crippen molar-refractivity contribution in [3.8, 4) is 0 Å². The summed E-state index contributed by atoms with van der Waals surface area (Å²) in [5, 5.41) is 3.54. The van der Waals surface area contributed by atoms with E-state index in [9.17, 15) is 18.0 Å². The lowest BCUT2D eigenvalue weighted by molar-refractivity contribution is -0.120. The number of benzene rings is 2. The molecule has 1 N–H and O–H groups in total. The fourth-order valence-corrected chi connectivity index (χ4v) is 5.31. The lowest BCUT2D eigenvalue weighted by Gasteiger charge is -2.31. The molecule has 0 aliphatic carbocycles. The summed E-state index contributed by atoms with van der Waals surface area (Å²) in [5.41, 5.74) is 0.563. The van der Waals surface area contributed by atoms with E-state index in [0.29, 0.717) is 36.0 Å². The maximum absolute atomic E-state index is 12.9. The minimum absolute atomic E-state index is 0.132. The fourth-order valence-electron chi connectivity index (χ4n) is 3.52. The number of sulfonamides is 1. The van der Waals surface area contributed by atoms with Crippen molar-refractivity contribution in [1.29, 1.82) is 0 Å². The second-order valence-corrected chi connectivity index (χ2v) is 10.0. The van der Waals surface area contributed by atoms with Crippen LogP contribution in [0.15, 0.2) is 73.2 Å². The smallest absolute Gasteiger partial charge is 0.336 e. The molecule has 1 fully saturated rings. The highest BCUT2D eigenvalue weighted by Crippen LogP contribution is 2.26. The molecule has 1 amide bonds. The average Bonchev–Trinajstić information content (AvgIpc) is 2.74. The molecule has 7 nitrogen and oxygen atoms in total. The van der Waals surface area contributed by atoms with Crippen molar-refractivity contribution in [2.24, 2.45) is 5.92 Å². The lowest BCUT2D eigenvalue weighted by Crippen LogP contribution is -2.43. The third kappa shape index (κ3) is 4.33. The Balaban J connectivity index is 1.49. The highest BCUT2D eigenvalue weighted by molar-refractivity contribution is 9.10. The molecule has 4 rings (SSSR count). The van der Waals surface area contributed by atoms with Crippen LogP contribution in [-0.4, -0.2) is 31.7 Å². The summed E-state index contributed by atoms with van der Waals surface area (Å²) < 4.78 is 33.2. The molecule has 30 heavy (non-hydrogen) atoms. The monoisotopic (exact) mass is 490 g/mol. The Morgan fingerprint density at radius 1 is 1.10 bits per heavy atom. The zero-order chi connectivity index (χ0) is 21.3. The first-order valence-corrected chi connectivity index (χ1v) is 11.7. The van der Waals surface area contributed by atoms with Crippen LogP contribution < -0.4 is 10.9 Å². The van der Waals surface area contributed by atoms with Crippen LogP contribution >= 0.6 is 15.9 Å². The van der Waals surface area contributed by atoms with E-state index in [1.807, 2.05) is 0 Å². The van der Waals surface area contributed by atoms with E-state index in [2.05, 4.69) is 21.2 Å². The van der Waals surface area contributed by atoms with Gasteiger partial charge in [0.2, 0.25) is 15.9 Å². The molecule has 0 saturated carbocycles. The van der Waals surface area contributed by atoms with Crippen LogP contribution in [0.25, 0.3) is 11.0 Å². The van der Waals surface area contributed by atoms with Gasteiger partial charge in [0, 0.05) is 34.7 Å². The molecule has 2 heterocycles. The van der Waals surface area contributed by atoms with Crippen LogP contribution in [0.3, 0.4) is 0 Å². The molecule has 1 saturated heterocycles. The van der Waals surface area contributed by atoms with Crippen LogP contribution in [0.4, 0.5) is 5.69 Å². The topological polar surface area (TPSA) is 96.7 Å². The van der Waals surface area contributed by atoms with Crippen molar-refractivity contribution in [3.63, 3.8) is 0 Å². The van der Waals surface area contributed by atoms with Crippen molar-refractivity contribution in [2.75, 3.05) is 18.4 Å². The molecule has 1 aromatic heterocycles. The van der Waals surface area contributed by atoms with Gasteiger partial charge in [0.05, 0.1) is 10.8 Å². The summed E-state index contributed by atoms with van der Waals surface area (Å²) in [5.74, 6) is -0.684. The van der Waals surface area contributed by atoms with E-state index in [1.165, 1.54) is 10.4 Å². The van der Waals surface area contributed by atoms with Crippen LogP contribution in [0, 0.1) is 5.92 Å². The van der Waals surface area contributed by atoms with Gasteiger partial charge in [0.15, 0.2) is 0 Å². The molecular weight excluding hydrogens is 472 g/mol. The Hall–Kier alpha value is -2.49. The van der Waals surface area contributed by atoms with Crippen molar-refractivity contribution < 1.29 is 17.6 Å². The Kier molecular flexibility index (Phi) is 5.77. The number of hydrogen-bond acceptors (Lipinski definition) is 5. The number of amides is 1. The summed E-state index contributed by atoms with van der Waals surface area (Å²) in [6.07, 6.45) is 1.22. The number of hydrogen-bond donors (Lipinski definition) is 1. The van der Waals surface area contributed by atoms with E-state index in [4.69, 9.17) is 4.42 Å². The number of nitrogens with zero attached hydrogens (tertiary/aromatic N) is 1. The van der Waals surface area contributed by atoms with Gasteiger partial charge in [-0.25, -0.2) is 13.2 Å². The number of halogens is 1. The van der Waals surface area contributed by atoms with E-state index in [-0.39, 0.29) is 17.3 Å². The second kappa shape index (κ2) is 8.33. The number of anilines is 1. The summed E-state index contributed by atoms with van der Waals surface area (Å²) >= 11 is 3.30. The molecule has 1 aliphatic rings. The molecule has 0 spiro atoms. The van der Waals surface area contributed by atoms with Crippen molar-refractivity contribution in [2.45, 2.75) is 17.7 Å². The minimum Gasteiger partial charge on any atom is -0.423 e. The third-order valence-electron chi connectivity index (χ3n) is 5.09. The van der Waals surface area contributed by atoms with Gasteiger partial charge in [-0.05, 0) is 61.4 Å². The predicted molar refractivity (Wildman–Crippen MR) is 117 cm³/mol. The molecular formula is C21H19BrN2O5S. The Labute approximate surface area is 181 Å². The van der Waals surface area contributed by atoms with Crippen LogP contribution in [0.2, 0.25) is 0 Å². The first-order chi connectivity index (χ1) is 14.3. The molecule has 0 radical (unpaired) electrons. The lowest BCUT2D eigenvalue weighted by atomic mass is 9.98. The van der Waals surface area contributed by atoms with E-state index in [1.54, 1.807) is 48.5 Å². The average molecular weight is 491 g/mol. The summed E-state index contributed by atoms with van der Waals surface area (Å²) in [6, 6.07) is 14.4. The van der Waals surface area contributed by atoms with Gasteiger partial charge in [0.25, 0.3) is 0 Å². The number of rotatable bonds is 4. The van der Waals surface area contributed by atoms with E-state index in [0.717, 1.165) is 4.47 Å². The predicted octanol–water partition coefficient (Wildman–Crippen LogP) is 3.59. The maximum atomic E-state index is 12.9. The quantitative estimate of drug-likeness (QED) is 0.563. The van der Waals surface area contributed by atoms with Crippen molar-refractivity contribution in [1.82, 2.24) is 4.31 Å². The molecule has 1 unspecified atom stereocenters. The largest absolute Gasteiger partial charge is 0.423 e. The summed E-state index contributed by atoms with van der Waals surface area (Å²) in [4.78, 5) is 24.3. The van der Waals surface area contributed by atoms with Crippen molar-refractivity contribution >= 4 is 48.5 Å². The fraction of sp³-hybridized carbons (Fsp3) is 0.238. The standard InChI is InChI=1S/C21H19BrN2O5S/c22-16-4-7-18(8-5-16)30(27,28)24-11-1-2-15(13-24)21(26)23-17-6-9-19-14(12-17)3-10-20(25)29-19/h3-10,12,15H,1-2,11,13H2,(H,23,26). The highest BCUT2D eigenvalue weighted by Gasteiger charge is 2.33. The Morgan fingerprint density at radius 3 is 2.63 bits per heavy atom. The zero-order valence-corrected chi connectivity index (χ0v) is 18.3. The summed E-state index contributed by atoms with van der Waals surface area (Å²) in [6.45, 7) is 0.518. The second-order valence-electron chi connectivity index (χ2n) is 7.15. The van der Waals surface area contributed by atoms with Crippen LogP contribution in [-0.2, 0) is 14.8 Å². The van der Waals surface area contributed by atoms with Gasteiger partial charge in [-0.2, -0.15) is 4.31 Å². The van der Waals surface area contributed by atoms with Gasteiger partial charge in [0.1, 0.15) is 5.58 Å². The molecule has 1 atom stereocenters. The number of carbonyl (C=O) groups is 1. The molecule has 156 valence electrons. The first-order valence-electron chi connectivity index (χ1n) is 9.43. The van der Waals surface area contributed by atoms with Crippen molar-refractivity contribution in [3.05, 3.63) is 69.5 Å². The number of piperidine rings is 1. The number of nitrogens with one attached hydrogen (secondary N) is 1. The zero-order valence-electron chi connectivity index (χ0n) is 15.9. The molecule has 9 heteroatoms. The number of fused-ring (bicyclic) bond motifs is 1. The molecule has 1 aliphatic heterocycles. The van der Waals surface area contributed by atoms with Gasteiger partial charge in [-0.1, -0.05) is 15.9 Å². The van der Waals surface area contributed by atoms with Gasteiger partial charge >= 0.3 is 5.63 Å². The van der Waals surface area contributed by atoms with E-state index >= 15 is 0 Å². The van der Waals surface area contributed by atoms with E-state index < -0.39 is 21.6 Å². The third-order valence-corrected chi connectivity index (χ3v) is 7.50. The molecule has 3 aromatic rings. The van der Waals surface area contributed by atoms with Crippen LogP contribution in [0.5, 0.6) is 0 Å². The minimum atomic E-state index is -3.66. The Bertz CT molecular complexity index is 1250. The normalized spacial score (nSPS) is 17.7.